The number of nitrogen functional groups attached to an aromatic ring is 1. The molecule has 0 saturated carbocycles. The molecule has 0 aromatic heterocycles. The Kier molecular flexibility index (Phi) is 4.06. The van der Waals surface area contributed by atoms with Crippen molar-refractivity contribution in [3.63, 3.8) is 0 Å². The number of nitriles is 1. The molecule has 1 atom stereocenters. The maximum atomic E-state index is 9.00. The molecule has 4 heteroatoms. The van der Waals surface area contributed by atoms with Crippen LogP contribution in [-0.2, 0) is 4.74 Å². The molecule has 1 unspecified atom stereocenters. The minimum atomic E-state index is 0.298. The summed E-state index contributed by atoms with van der Waals surface area (Å²) in [6.07, 6.45) is 2.54. The fourth-order valence-electron chi connectivity index (χ4n) is 2.38. The van der Waals surface area contributed by atoms with E-state index in [2.05, 4.69) is 11.0 Å². The Morgan fingerprint density at radius 1 is 1.56 bits per heavy atom. The first-order chi connectivity index (χ1) is 8.74. The van der Waals surface area contributed by atoms with E-state index in [-0.39, 0.29) is 0 Å². The number of hydrogen-bond donors (Lipinski definition) is 1. The predicted molar refractivity (Wildman–Crippen MR) is 72.4 cm³/mol. The molecule has 4 nitrogen and oxygen atoms in total. The first-order valence-corrected chi connectivity index (χ1v) is 6.40. The third-order valence-electron chi connectivity index (χ3n) is 3.30. The molecular weight excluding hydrogens is 226 g/mol. The van der Waals surface area contributed by atoms with E-state index >= 15 is 0 Å². The van der Waals surface area contributed by atoms with Gasteiger partial charge in [-0.15, -0.1) is 0 Å². The van der Waals surface area contributed by atoms with Crippen LogP contribution in [0.2, 0.25) is 0 Å². The van der Waals surface area contributed by atoms with Gasteiger partial charge in [0.25, 0.3) is 0 Å². The maximum Gasteiger partial charge on any atom is 0.101 e. The maximum absolute atomic E-state index is 9.00. The molecule has 1 heterocycles. The third-order valence-corrected chi connectivity index (χ3v) is 3.30. The van der Waals surface area contributed by atoms with Gasteiger partial charge in [-0.3, -0.25) is 0 Å². The summed E-state index contributed by atoms with van der Waals surface area (Å²) in [4.78, 5) is 2.27. The number of piperidine rings is 1. The predicted octanol–water partition coefficient (Wildman–Crippen LogP) is 2.15. The van der Waals surface area contributed by atoms with Crippen LogP contribution in [-0.4, -0.2) is 25.8 Å². The highest BCUT2D eigenvalue weighted by Crippen LogP contribution is 2.24. The molecular formula is C14H19N3O. The Morgan fingerprint density at radius 2 is 2.39 bits per heavy atom. The second-order valence-electron chi connectivity index (χ2n) is 4.55. The molecule has 2 rings (SSSR count). The van der Waals surface area contributed by atoms with Crippen LogP contribution >= 0.6 is 0 Å². The largest absolute Gasteiger partial charge is 0.398 e. The van der Waals surface area contributed by atoms with Crippen LogP contribution in [0.25, 0.3) is 0 Å². The van der Waals surface area contributed by atoms with Gasteiger partial charge in [-0.1, -0.05) is 0 Å². The third kappa shape index (κ3) is 2.74. The fraction of sp³-hybridized carbons (Fsp3) is 0.500. The molecule has 0 spiro atoms. The second kappa shape index (κ2) is 5.74. The molecule has 2 N–H and O–H groups in total. The Bertz CT molecular complexity index is 451. The van der Waals surface area contributed by atoms with Crippen molar-refractivity contribution in [2.75, 3.05) is 30.3 Å². The Hall–Kier alpha value is -1.73. The topological polar surface area (TPSA) is 62.3 Å². The summed E-state index contributed by atoms with van der Waals surface area (Å²) in [6, 6.07) is 7.77. The Balaban J connectivity index is 2.13. The lowest BCUT2D eigenvalue weighted by Gasteiger charge is -2.34. The van der Waals surface area contributed by atoms with Crippen LogP contribution in [0, 0.1) is 11.3 Å². The highest BCUT2D eigenvalue weighted by molar-refractivity contribution is 5.62. The van der Waals surface area contributed by atoms with Gasteiger partial charge in [0, 0.05) is 31.1 Å². The van der Waals surface area contributed by atoms with Gasteiger partial charge in [-0.25, -0.2) is 0 Å². The monoisotopic (exact) mass is 245 g/mol. The summed E-state index contributed by atoms with van der Waals surface area (Å²) >= 11 is 0. The van der Waals surface area contributed by atoms with Crippen LogP contribution in [0.4, 0.5) is 11.4 Å². The van der Waals surface area contributed by atoms with Gasteiger partial charge in [0.1, 0.15) is 6.07 Å². The van der Waals surface area contributed by atoms with E-state index in [0.717, 1.165) is 38.2 Å². The van der Waals surface area contributed by atoms with Crippen molar-refractivity contribution in [3.05, 3.63) is 23.8 Å². The molecule has 0 amide bonds. The first-order valence-electron chi connectivity index (χ1n) is 6.40. The number of hydrogen-bond acceptors (Lipinski definition) is 4. The van der Waals surface area contributed by atoms with Gasteiger partial charge < -0.3 is 15.4 Å². The van der Waals surface area contributed by atoms with Crippen molar-refractivity contribution in [1.29, 1.82) is 5.26 Å². The lowest BCUT2D eigenvalue weighted by atomic mass is 10.1. The Morgan fingerprint density at radius 3 is 3.11 bits per heavy atom. The highest BCUT2D eigenvalue weighted by atomic mass is 16.5. The lowest BCUT2D eigenvalue weighted by molar-refractivity contribution is 0.0527. The van der Waals surface area contributed by atoms with E-state index in [1.54, 1.807) is 6.07 Å². The molecule has 1 saturated heterocycles. The van der Waals surface area contributed by atoms with E-state index in [4.69, 9.17) is 15.7 Å². The van der Waals surface area contributed by atoms with Gasteiger partial charge in [0.2, 0.25) is 0 Å². The second-order valence-corrected chi connectivity index (χ2v) is 4.55. The summed E-state index contributed by atoms with van der Waals surface area (Å²) in [5.41, 5.74) is 7.89. The summed E-state index contributed by atoms with van der Waals surface area (Å²) in [7, 11) is 0. The average molecular weight is 245 g/mol. The van der Waals surface area contributed by atoms with Crippen LogP contribution in [0.3, 0.4) is 0 Å². The number of benzene rings is 1. The Labute approximate surface area is 108 Å². The number of anilines is 2. The SMILES string of the molecule is CCOC1CCCN(c2ccc(N)c(C#N)c2)C1. The molecule has 1 aromatic rings. The van der Waals surface area contributed by atoms with Crippen molar-refractivity contribution in [2.45, 2.75) is 25.9 Å². The van der Waals surface area contributed by atoms with Gasteiger partial charge in [0.05, 0.1) is 11.7 Å². The van der Waals surface area contributed by atoms with Crippen molar-refractivity contribution >= 4 is 11.4 Å². The lowest BCUT2D eigenvalue weighted by Crippen LogP contribution is -2.39. The zero-order valence-corrected chi connectivity index (χ0v) is 10.7. The molecule has 18 heavy (non-hydrogen) atoms. The smallest absolute Gasteiger partial charge is 0.101 e. The van der Waals surface area contributed by atoms with Crippen LogP contribution in [0.5, 0.6) is 0 Å². The molecule has 1 aromatic carbocycles. The summed E-state index contributed by atoms with van der Waals surface area (Å²) in [6.45, 7) is 4.68. The van der Waals surface area contributed by atoms with E-state index in [9.17, 15) is 0 Å². The first kappa shape index (κ1) is 12.7. The van der Waals surface area contributed by atoms with Gasteiger partial charge in [-0.2, -0.15) is 5.26 Å². The molecule has 96 valence electrons. The van der Waals surface area contributed by atoms with E-state index < -0.39 is 0 Å². The highest BCUT2D eigenvalue weighted by Gasteiger charge is 2.20. The van der Waals surface area contributed by atoms with Crippen LogP contribution in [0.1, 0.15) is 25.3 Å². The van der Waals surface area contributed by atoms with Gasteiger partial charge >= 0.3 is 0 Å². The average Bonchev–Trinajstić information content (AvgIpc) is 2.40. The van der Waals surface area contributed by atoms with Crippen LogP contribution in [0.15, 0.2) is 18.2 Å². The molecule has 0 aliphatic carbocycles. The number of ether oxygens (including phenoxy) is 1. The van der Waals surface area contributed by atoms with Crippen molar-refractivity contribution in [2.24, 2.45) is 0 Å². The minimum Gasteiger partial charge on any atom is -0.398 e. The van der Waals surface area contributed by atoms with E-state index in [1.165, 1.54) is 0 Å². The van der Waals surface area contributed by atoms with Crippen molar-refractivity contribution in [3.8, 4) is 6.07 Å². The molecule has 1 aliphatic rings. The summed E-state index contributed by atoms with van der Waals surface area (Å²) < 4.78 is 5.68. The fourth-order valence-corrected chi connectivity index (χ4v) is 2.38. The molecule has 1 fully saturated rings. The van der Waals surface area contributed by atoms with Gasteiger partial charge in [0.15, 0.2) is 0 Å². The summed E-state index contributed by atoms with van der Waals surface area (Å²) in [5, 5.41) is 9.00. The van der Waals surface area contributed by atoms with Crippen LogP contribution < -0.4 is 10.6 Å². The number of nitrogens with two attached hydrogens (primary N) is 1. The molecule has 0 bridgehead atoms. The van der Waals surface area contributed by atoms with Crippen molar-refractivity contribution < 1.29 is 4.74 Å². The standard InChI is InChI=1S/C14H19N3O/c1-2-18-13-4-3-7-17(10-13)12-5-6-14(16)11(8-12)9-15/h5-6,8,13H,2-4,7,10,16H2,1H3. The number of nitrogens with zero attached hydrogens (tertiary/aromatic N) is 2. The number of rotatable bonds is 3. The summed E-state index contributed by atoms with van der Waals surface area (Å²) in [5.74, 6) is 0. The van der Waals surface area contributed by atoms with Gasteiger partial charge in [-0.05, 0) is 38.0 Å². The zero-order chi connectivity index (χ0) is 13.0. The molecule has 0 radical (unpaired) electrons. The minimum absolute atomic E-state index is 0.298. The normalized spacial score (nSPS) is 19.6. The quantitative estimate of drug-likeness (QED) is 0.829. The molecule has 1 aliphatic heterocycles. The van der Waals surface area contributed by atoms with E-state index in [0.29, 0.717) is 17.4 Å². The van der Waals surface area contributed by atoms with Crippen molar-refractivity contribution in [1.82, 2.24) is 0 Å². The van der Waals surface area contributed by atoms with E-state index in [1.807, 2.05) is 19.1 Å². The zero-order valence-electron chi connectivity index (χ0n) is 10.7.